The van der Waals surface area contributed by atoms with Gasteiger partial charge in [-0.25, -0.2) is 4.79 Å². The van der Waals surface area contributed by atoms with E-state index in [1.807, 2.05) is 0 Å². The zero-order valence-corrected chi connectivity index (χ0v) is 31.8. The first-order valence-electron chi connectivity index (χ1n) is 20.7. The highest BCUT2D eigenvalue weighted by Crippen LogP contribution is 2.17. The van der Waals surface area contributed by atoms with Crippen molar-refractivity contribution in [2.45, 2.75) is 194 Å². The van der Waals surface area contributed by atoms with E-state index in [-0.39, 0.29) is 23.2 Å². The number of nitrogens with zero attached hydrogens (tertiary/aromatic N) is 1. The molecule has 48 heavy (non-hydrogen) atoms. The second kappa shape index (κ2) is 33.8. The number of ether oxygens (including phenoxy) is 2. The van der Waals surface area contributed by atoms with E-state index < -0.39 is 0 Å². The number of hydroxylamine groups is 3. The molecule has 0 saturated carbocycles. The number of unbranched alkanes of at least 4 members (excludes halogenated alkanes) is 22. The van der Waals surface area contributed by atoms with Crippen LogP contribution in [0.1, 0.15) is 194 Å². The number of esters is 1. The first-order chi connectivity index (χ1) is 23.6. The molecule has 6 nitrogen and oxygen atoms in total. The molecule has 1 aliphatic heterocycles. The van der Waals surface area contributed by atoms with Gasteiger partial charge < -0.3 is 9.47 Å². The average molecular weight is 677 g/mol. The summed E-state index contributed by atoms with van der Waals surface area (Å²) in [6, 6.07) is 0. The minimum absolute atomic E-state index is 0.140. The molecule has 0 spiro atoms. The molecule has 1 heterocycles. The van der Waals surface area contributed by atoms with Gasteiger partial charge >= 0.3 is 11.9 Å². The molecule has 0 N–H and O–H groups in total. The molecule has 0 aromatic rings. The maximum atomic E-state index is 12.7. The Morgan fingerprint density at radius 3 is 1.33 bits per heavy atom. The molecule has 0 amide bonds. The molecule has 1 fully saturated rings. The number of hydrogen-bond donors (Lipinski definition) is 0. The summed E-state index contributed by atoms with van der Waals surface area (Å²) in [6.07, 6.45) is 42.6. The molecular formula is C42H78NO5+. The molecule has 0 aromatic carbocycles. The number of rotatable bonds is 34. The van der Waals surface area contributed by atoms with E-state index >= 15 is 0 Å². The van der Waals surface area contributed by atoms with Gasteiger partial charge in [0.2, 0.25) is 0 Å². The molecule has 1 saturated heterocycles. The highest BCUT2D eigenvalue weighted by Gasteiger charge is 2.36. The third-order valence-corrected chi connectivity index (χ3v) is 9.63. The monoisotopic (exact) mass is 677 g/mol. The van der Waals surface area contributed by atoms with Crippen LogP contribution in [0.15, 0.2) is 24.3 Å². The Morgan fingerprint density at radius 2 is 0.896 bits per heavy atom. The number of morpholine rings is 1. The average Bonchev–Trinajstić information content (AvgIpc) is 3.08. The van der Waals surface area contributed by atoms with Crippen molar-refractivity contribution in [1.82, 2.24) is 0 Å². The summed E-state index contributed by atoms with van der Waals surface area (Å²) < 4.78 is 11.3. The molecule has 280 valence electrons. The molecule has 0 atom stereocenters. The lowest BCUT2D eigenvalue weighted by atomic mass is 10.1. The van der Waals surface area contributed by atoms with Crippen molar-refractivity contribution in [2.24, 2.45) is 0 Å². The van der Waals surface area contributed by atoms with Gasteiger partial charge in [0.1, 0.15) is 19.7 Å². The molecule has 1 aliphatic rings. The van der Waals surface area contributed by atoms with E-state index in [9.17, 15) is 9.59 Å². The number of hydrogen-bond acceptors (Lipinski definition) is 5. The van der Waals surface area contributed by atoms with E-state index in [0.717, 1.165) is 25.7 Å². The first kappa shape index (κ1) is 44.4. The summed E-state index contributed by atoms with van der Waals surface area (Å²) in [6.45, 7) is 7.66. The highest BCUT2D eigenvalue weighted by atomic mass is 16.8. The van der Waals surface area contributed by atoms with Crippen molar-refractivity contribution in [3.05, 3.63) is 24.3 Å². The zero-order chi connectivity index (χ0) is 34.6. The third kappa shape index (κ3) is 28.2. The summed E-state index contributed by atoms with van der Waals surface area (Å²) >= 11 is 0. The van der Waals surface area contributed by atoms with Crippen LogP contribution in [0.25, 0.3) is 0 Å². The Bertz CT molecular complexity index is 789. The molecule has 0 radical (unpaired) electrons. The van der Waals surface area contributed by atoms with Gasteiger partial charge in [-0.2, -0.15) is 0 Å². The van der Waals surface area contributed by atoms with Gasteiger partial charge in [-0.05, 0) is 64.2 Å². The molecular weight excluding hydrogens is 598 g/mol. The largest absolute Gasteiger partial charge is 0.460 e. The molecule has 0 aliphatic carbocycles. The van der Waals surface area contributed by atoms with Crippen LogP contribution >= 0.6 is 0 Å². The normalized spacial score (nSPS) is 14.6. The van der Waals surface area contributed by atoms with Gasteiger partial charge in [0.15, 0.2) is 6.54 Å². The van der Waals surface area contributed by atoms with Gasteiger partial charge in [-0.3, -0.25) is 9.63 Å². The second-order valence-corrected chi connectivity index (χ2v) is 14.2. The van der Waals surface area contributed by atoms with E-state index in [1.54, 1.807) is 0 Å². The lowest BCUT2D eigenvalue weighted by Gasteiger charge is -2.36. The van der Waals surface area contributed by atoms with Gasteiger partial charge in [0.25, 0.3) is 0 Å². The van der Waals surface area contributed by atoms with Gasteiger partial charge in [0, 0.05) is 6.42 Å². The van der Waals surface area contributed by atoms with Crippen LogP contribution in [0.4, 0.5) is 0 Å². The van der Waals surface area contributed by atoms with E-state index in [0.29, 0.717) is 45.7 Å². The van der Waals surface area contributed by atoms with Crippen LogP contribution in [0.5, 0.6) is 0 Å². The smallest absolute Gasteiger partial charge is 0.366 e. The third-order valence-electron chi connectivity index (χ3n) is 9.63. The Hall–Kier alpha value is -1.66. The summed E-state index contributed by atoms with van der Waals surface area (Å²) in [5.74, 6) is -0.284. The van der Waals surface area contributed by atoms with Crippen LogP contribution in [0, 0.1) is 0 Å². The Morgan fingerprint density at radius 1 is 0.521 bits per heavy atom. The number of carbonyl (C=O) groups is 2. The van der Waals surface area contributed by atoms with Crippen LogP contribution in [0.2, 0.25) is 0 Å². The Labute approximate surface area is 297 Å². The maximum Gasteiger partial charge on any atom is 0.366 e. The fraction of sp³-hybridized carbons (Fsp3) is 0.857. The Balaban J connectivity index is 2.04. The van der Waals surface area contributed by atoms with Crippen molar-refractivity contribution in [1.29, 1.82) is 0 Å². The highest BCUT2D eigenvalue weighted by molar-refractivity contribution is 5.69. The number of quaternary nitrogens is 1. The SMILES string of the molecule is CCCCCCCC/C=C/CCCCCCCC(=O)OCC[N+]1(OC(=O)CCCCCCC/C=C/CCCCCCCC)CCOCC1. The Kier molecular flexibility index (Phi) is 31.3. The number of carbonyl (C=O) groups excluding carboxylic acids is 2. The standard InChI is InChI=1S/C42H78NO5/c1-3-5-7-9-11-13-15-17-19-21-23-25-27-29-31-33-41(44)47-40-37-43(35-38-46-39-36-43)48-42(45)34-32-30-28-26-24-22-20-18-16-14-12-10-8-6-4-2/h17-20H,3-16,21-40H2,1-2H3/q+1/b19-17+,20-18+. The molecule has 0 unspecified atom stereocenters. The lowest BCUT2D eigenvalue weighted by Crippen LogP contribution is -2.57. The summed E-state index contributed by atoms with van der Waals surface area (Å²) in [5.41, 5.74) is 0. The molecule has 6 heteroatoms. The molecule has 1 rings (SSSR count). The van der Waals surface area contributed by atoms with Gasteiger partial charge in [0.05, 0.1) is 19.6 Å². The van der Waals surface area contributed by atoms with Crippen LogP contribution < -0.4 is 0 Å². The van der Waals surface area contributed by atoms with E-state index in [4.69, 9.17) is 14.3 Å². The predicted molar refractivity (Wildman–Crippen MR) is 202 cm³/mol. The topological polar surface area (TPSA) is 61.8 Å². The second-order valence-electron chi connectivity index (χ2n) is 14.2. The predicted octanol–water partition coefficient (Wildman–Crippen LogP) is 11.9. The van der Waals surface area contributed by atoms with Crippen molar-refractivity contribution < 1.29 is 28.5 Å². The minimum atomic E-state index is -0.144. The van der Waals surface area contributed by atoms with Gasteiger partial charge in [-0.1, -0.05) is 141 Å². The van der Waals surface area contributed by atoms with Gasteiger partial charge in [-0.15, -0.1) is 4.65 Å². The van der Waals surface area contributed by atoms with Crippen molar-refractivity contribution in [2.75, 3.05) is 39.5 Å². The maximum absolute atomic E-state index is 12.7. The van der Waals surface area contributed by atoms with Crippen molar-refractivity contribution >= 4 is 11.9 Å². The number of allylic oxidation sites excluding steroid dienone is 4. The quantitative estimate of drug-likeness (QED) is 0.0294. The fourth-order valence-corrected chi connectivity index (χ4v) is 6.38. The lowest BCUT2D eigenvalue weighted by molar-refractivity contribution is -1.09. The molecule has 0 aromatic heterocycles. The van der Waals surface area contributed by atoms with Crippen LogP contribution in [-0.2, 0) is 23.9 Å². The van der Waals surface area contributed by atoms with Crippen LogP contribution in [-0.4, -0.2) is 56.0 Å². The van der Waals surface area contributed by atoms with E-state index in [2.05, 4.69) is 38.2 Å². The first-order valence-corrected chi connectivity index (χ1v) is 20.7. The summed E-state index contributed by atoms with van der Waals surface area (Å²) in [7, 11) is 0. The summed E-state index contributed by atoms with van der Waals surface area (Å²) in [5, 5.41) is 0. The zero-order valence-electron chi connectivity index (χ0n) is 31.8. The van der Waals surface area contributed by atoms with Crippen molar-refractivity contribution in [3.8, 4) is 0 Å². The van der Waals surface area contributed by atoms with E-state index in [1.165, 1.54) is 141 Å². The minimum Gasteiger partial charge on any atom is -0.460 e. The van der Waals surface area contributed by atoms with Crippen molar-refractivity contribution in [3.63, 3.8) is 0 Å². The summed E-state index contributed by atoms with van der Waals surface area (Å²) in [4.78, 5) is 31.0. The fourth-order valence-electron chi connectivity index (χ4n) is 6.38. The molecule has 0 bridgehead atoms. The van der Waals surface area contributed by atoms with Crippen LogP contribution in [0.3, 0.4) is 0 Å².